The number of hydrogen-bond acceptors (Lipinski definition) is 0. The van der Waals surface area contributed by atoms with Crippen molar-refractivity contribution in [2.24, 2.45) is 0 Å². The van der Waals surface area contributed by atoms with Gasteiger partial charge in [0.2, 0.25) is 0 Å². The van der Waals surface area contributed by atoms with Crippen molar-refractivity contribution >= 4 is 0 Å². The fraction of sp³-hybridized carbons (Fsp3) is 0.667. The Morgan fingerprint density at radius 2 is 1.34 bits per heavy atom. The van der Waals surface area contributed by atoms with Crippen molar-refractivity contribution in [1.29, 1.82) is 0 Å². The summed E-state index contributed by atoms with van der Waals surface area (Å²) < 4.78 is 5.06. The van der Waals surface area contributed by atoms with Crippen LogP contribution in [-0.2, 0) is 25.9 Å². The predicted octanol–water partition coefficient (Wildman–Crippen LogP) is 7.28. The van der Waals surface area contributed by atoms with Crippen LogP contribution in [0.15, 0.2) is 42.7 Å². The zero-order chi connectivity index (χ0) is 20.6. The maximum atomic E-state index is 2.54. The number of nitrogens with zero attached hydrogens (tertiary/aromatic N) is 2. The van der Waals surface area contributed by atoms with Gasteiger partial charge in [-0.1, -0.05) is 95.5 Å². The van der Waals surface area contributed by atoms with Gasteiger partial charge in [0.15, 0.2) is 0 Å². The standard InChI is InChI=1S/C27H45N2/c1-3-5-7-8-9-10-11-12-16-22-28-24-25-29(27(28)21-6-4-2)23-17-20-26-18-14-13-15-19-26/h13-15,18-19,24-25H,3-12,16-17,20-23H2,1-2H3/q+1. The minimum Gasteiger partial charge on any atom is -0.234 e. The Balaban J connectivity index is 1.72. The summed E-state index contributed by atoms with van der Waals surface area (Å²) in [6.45, 7) is 6.93. The second-order valence-corrected chi connectivity index (χ2v) is 8.62. The van der Waals surface area contributed by atoms with E-state index in [2.05, 4.69) is 65.7 Å². The third kappa shape index (κ3) is 9.65. The van der Waals surface area contributed by atoms with Gasteiger partial charge in [0.1, 0.15) is 12.4 Å². The van der Waals surface area contributed by atoms with Crippen molar-refractivity contribution in [2.45, 2.75) is 117 Å². The smallest absolute Gasteiger partial charge is 0.234 e. The molecule has 0 aliphatic carbocycles. The molecular weight excluding hydrogens is 352 g/mol. The second kappa shape index (κ2) is 15.3. The molecule has 2 rings (SSSR count). The first kappa shape index (κ1) is 23.7. The topological polar surface area (TPSA) is 8.81 Å². The first-order valence-corrected chi connectivity index (χ1v) is 12.5. The highest BCUT2D eigenvalue weighted by molar-refractivity contribution is 5.14. The Labute approximate surface area is 180 Å². The number of unbranched alkanes of at least 4 members (excludes halogenated alkanes) is 9. The van der Waals surface area contributed by atoms with Crippen LogP contribution in [-0.4, -0.2) is 4.57 Å². The van der Waals surface area contributed by atoms with Crippen LogP contribution in [0, 0.1) is 0 Å². The summed E-state index contributed by atoms with van der Waals surface area (Å²) >= 11 is 0. The molecule has 2 aromatic rings. The normalized spacial score (nSPS) is 11.2. The molecule has 0 unspecified atom stereocenters. The maximum absolute atomic E-state index is 2.54. The van der Waals surface area contributed by atoms with E-state index in [0.29, 0.717) is 0 Å². The van der Waals surface area contributed by atoms with E-state index >= 15 is 0 Å². The third-order valence-corrected chi connectivity index (χ3v) is 6.05. The van der Waals surface area contributed by atoms with Crippen molar-refractivity contribution in [3.05, 3.63) is 54.1 Å². The van der Waals surface area contributed by atoms with E-state index in [4.69, 9.17) is 0 Å². The van der Waals surface area contributed by atoms with E-state index in [1.165, 1.54) is 102 Å². The van der Waals surface area contributed by atoms with Crippen molar-refractivity contribution < 1.29 is 4.57 Å². The number of aryl methyl sites for hydroxylation is 3. The van der Waals surface area contributed by atoms with Crippen molar-refractivity contribution in [3.8, 4) is 0 Å². The van der Waals surface area contributed by atoms with E-state index < -0.39 is 0 Å². The van der Waals surface area contributed by atoms with Gasteiger partial charge >= 0.3 is 0 Å². The SMILES string of the molecule is CCCCCCCCCCCn1cc[n+](CCCc2ccccc2)c1CCCC. The molecule has 2 nitrogen and oxygen atoms in total. The molecule has 0 spiro atoms. The van der Waals surface area contributed by atoms with E-state index in [1.54, 1.807) is 5.82 Å². The van der Waals surface area contributed by atoms with Crippen LogP contribution in [0.3, 0.4) is 0 Å². The second-order valence-electron chi connectivity index (χ2n) is 8.62. The van der Waals surface area contributed by atoms with Gasteiger partial charge in [0, 0.05) is 6.42 Å². The van der Waals surface area contributed by atoms with Gasteiger partial charge < -0.3 is 0 Å². The predicted molar refractivity (Wildman–Crippen MR) is 125 cm³/mol. The molecule has 0 saturated heterocycles. The summed E-state index contributed by atoms with van der Waals surface area (Å²) in [5.74, 6) is 1.54. The fourth-order valence-corrected chi connectivity index (χ4v) is 4.22. The Morgan fingerprint density at radius 1 is 0.690 bits per heavy atom. The van der Waals surface area contributed by atoms with Crippen molar-refractivity contribution in [2.75, 3.05) is 0 Å². The highest BCUT2D eigenvalue weighted by Gasteiger charge is 2.16. The molecule has 0 amide bonds. The van der Waals surface area contributed by atoms with E-state index in [0.717, 1.165) is 6.54 Å². The van der Waals surface area contributed by atoms with E-state index in [1.807, 2.05) is 0 Å². The van der Waals surface area contributed by atoms with E-state index in [-0.39, 0.29) is 0 Å². The van der Waals surface area contributed by atoms with Gasteiger partial charge in [-0.25, -0.2) is 9.13 Å². The van der Waals surface area contributed by atoms with E-state index in [9.17, 15) is 0 Å². The maximum Gasteiger partial charge on any atom is 0.256 e. The molecule has 0 atom stereocenters. The van der Waals surface area contributed by atoms with Gasteiger partial charge in [0.05, 0.1) is 13.1 Å². The van der Waals surface area contributed by atoms with Crippen LogP contribution in [0.4, 0.5) is 0 Å². The molecule has 162 valence electrons. The average Bonchev–Trinajstić information content (AvgIpc) is 3.13. The highest BCUT2D eigenvalue weighted by Crippen LogP contribution is 2.11. The molecular formula is C27H45N2+. The minimum atomic E-state index is 1.14. The minimum absolute atomic E-state index is 1.14. The molecule has 0 aliphatic rings. The zero-order valence-electron chi connectivity index (χ0n) is 19.2. The summed E-state index contributed by atoms with van der Waals surface area (Å²) in [6, 6.07) is 10.9. The molecule has 1 heterocycles. The zero-order valence-corrected chi connectivity index (χ0v) is 19.2. The van der Waals surface area contributed by atoms with Gasteiger partial charge in [-0.2, -0.15) is 0 Å². The molecule has 2 heteroatoms. The quantitative estimate of drug-likeness (QED) is 0.196. The number of imidazole rings is 1. The third-order valence-electron chi connectivity index (χ3n) is 6.05. The molecule has 0 aliphatic heterocycles. The molecule has 0 saturated carbocycles. The van der Waals surface area contributed by atoms with Crippen LogP contribution < -0.4 is 4.57 Å². The molecule has 1 aromatic heterocycles. The molecule has 0 fully saturated rings. The lowest BCUT2D eigenvalue weighted by molar-refractivity contribution is -0.704. The van der Waals surface area contributed by atoms with Gasteiger partial charge in [-0.05, 0) is 37.7 Å². The number of hydrogen-bond donors (Lipinski definition) is 0. The molecule has 0 bridgehead atoms. The van der Waals surface area contributed by atoms with Crippen LogP contribution >= 0.6 is 0 Å². The Kier molecular flexibility index (Phi) is 12.5. The van der Waals surface area contributed by atoms with Gasteiger partial charge in [0.25, 0.3) is 5.82 Å². The summed E-state index contributed by atoms with van der Waals surface area (Å²) in [4.78, 5) is 0. The van der Waals surface area contributed by atoms with Crippen LogP contribution in [0.5, 0.6) is 0 Å². The summed E-state index contributed by atoms with van der Waals surface area (Å²) in [7, 11) is 0. The lowest BCUT2D eigenvalue weighted by atomic mass is 10.1. The lowest BCUT2D eigenvalue weighted by Crippen LogP contribution is -2.37. The highest BCUT2D eigenvalue weighted by atomic mass is 15.1. The Bertz CT molecular complexity index is 629. The van der Waals surface area contributed by atoms with Crippen LogP contribution in [0.2, 0.25) is 0 Å². The summed E-state index contributed by atoms with van der Waals surface area (Å²) in [5, 5.41) is 0. The largest absolute Gasteiger partial charge is 0.256 e. The summed E-state index contributed by atoms with van der Waals surface area (Å²) in [5.41, 5.74) is 1.46. The monoisotopic (exact) mass is 397 g/mol. The van der Waals surface area contributed by atoms with Crippen molar-refractivity contribution in [3.63, 3.8) is 0 Å². The number of aromatic nitrogens is 2. The molecule has 29 heavy (non-hydrogen) atoms. The first-order chi connectivity index (χ1) is 14.3. The average molecular weight is 398 g/mol. The molecule has 0 N–H and O–H groups in total. The lowest BCUT2D eigenvalue weighted by Gasteiger charge is -2.06. The number of benzene rings is 1. The molecule has 0 radical (unpaired) electrons. The van der Waals surface area contributed by atoms with Gasteiger partial charge in [-0.3, -0.25) is 0 Å². The van der Waals surface area contributed by atoms with Crippen LogP contribution in [0.1, 0.15) is 102 Å². The van der Waals surface area contributed by atoms with Crippen molar-refractivity contribution in [1.82, 2.24) is 4.57 Å². The summed E-state index contributed by atoms with van der Waals surface area (Å²) in [6.07, 6.45) is 23.4. The first-order valence-electron chi connectivity index (χ1n) is 12.5. The molecule has 1 aromatic carbocycles. The fourth-order valence-electron chi connectivity index (χ4n) is 4.22. The number of rotatable bonds is 17. The van der Waals surface area contributed by atoms with Gasteiger partial charge in [-0.15, -0.1) is 0 Å². The Hall–Kier alpha value is -1.57. The Morgan fingerprint density at radius 3 is 2.03 bits per heavy atom. The van der Waals surface area contributed by atoms with Crippen LogP contribution in [0.25, 0.3) is 0 Å².